The molecule has 1 rings (SSSR count). The number of benzene rings is 1. The van der Waals surface area contributed by atoms with Gasteiger partial charge in [0.15, 0.2) is 0 Å². The SMILES string of the molecule is Oc1c(C(O)CCl)cccc1C(O)CCl. The first kappa shape index (κ1) is 12.6. The number of phenolic OH excluding ortho intramolecular Hbond substituents is 1. The summed E-state index contributed by atoms with van der Waals surface area (Å²) in [6.45, 7) is 0. The highest BCUT2D eigenvalue weighted by Gasteiger charge is 2.17. The first-order valence-electron chi connectivity index (χ1n) is 4.41. The van der Waals surface area contributed by atoms with Crippen molar-refractivity contribution in [2.45, 2.75) is 12.2 Å². The molecule has 0 heterocycles. The zero-order valence-corrected chi connectivity index (χ0v) is 9.41. The van der Waals surface area contributed by atoms with Crippen LogP contribution in [0.4, 0.5) is 0 Å². The van der Waals surface area contributed by atoms with E-state index in [0.29, 0.717) is 11.1 Å². The standard InChI is InChI=1S/C10H12Cl2O3/c11-4-8(13)6-2-1-3-7(10(6)15)9(14)5-12/h1-3,8-9,13-15H,4-5H2. The quantitative estimate of drug-likeness (QED) is 0.716. The highest BCUT2D eigenvalue weighted by molar-refractivity contribution is 6.18. The molecule has 2 atom stereocenters. The van der Waals surface area contributed by atoms with Gasteiger partial charge in [0.25, 0.3) is 0 Å². The van der Waals surface area contributed by atoms with E-state index in [2.05, 4.69) is 0 Å². The normalized spacial score (nSPS) is 14.9. The number of hydrogen-bond acceptors (Lipinski definition) is 3. The molecule has 0 amide bonds. The van der Waals surface area contributed by atoms with Gasteiger partial charge in [0.2, 0.25) is 0 Å². The van der Waals surface area contributed by atoms with Crippen LogP contribution in [0.1, 0.15) is 23.3 Å². The number of hydrogen-bond donors (Lipinski definition) is 3. The Morgan fingerprint density at radius 3 is 1.73 bits per heavy atom. The van der Waals surface area contributed by atoms with E-state index < -0.39 is 12.2 Å². The third-order valence-corrected chi connectivity index (χ3v) is 2.69. The summed E-state index contributed by atoms with van der Waals surface area (Å²) in [5, 5.41) is 28.7. The van der Waals surface area contributed by atoms with Crippen molar-refractivity contribution in [2.24, 2.45) is 0 Å². The third-order valence-electron chi connectivity index (χ3n) is 2.11. The van der Waals surface area contributed by atoms with Crippen LogP contribution in [-0.2, 0) is 0 Å². The van der Waals surface area contributed by atoms with Crippen molar-refractivity contribution in [1.82, 2.24) is 0 Å². The number of halogens is 2. The van der Waals surface area contributed by atoms with Gasteiger partial charge in [-0.3, -0.25) is 0 Å². The van der Waals surface area contributed by atoms with Gasteiger partial charge in [-0.05, 0) is 0 Å². The molecule has 3 N–H and O–H groups in total. The predicted molar refractivity (Wildman–Crippen MR) is 59.5 cm³/mol. The highest BCUT2D eigenvalue weighted by atomic mass is 35.5. The summed E-state index contributed by atoms with van der Waals surface area (Å²) >= 11 is 10.9. The molecule has 15 heavy (non-hydrogen) atoms. The molecule has 0 fully saturated rings. The summed E-state index contributed by atoms with van der Waals surface area (Å²) in [5.41, 5.74) is 0.596. The molecule has 2 unspecified atom stereocenters. The van der Waals surface area contributed by atoms with Crippen molar-refractivity contribution in [3.63, 3.8) is 0 Å². The van der Waals surface area contributed by atoms with Crippen molar-refractivity contribution >= 4 is 23.2 Å². The number of alkyl halides is 2. The molecule has 0 bridgehead atoms. The Bertz CT molecular complexity index is 302. The Labute approximate surface area is 97.9 Å². The molecule has 0 aliphatic rings. The Kier molecular flexibility index (Phi) is 4.67. The molecule has 0 aromatic heterocycles. The molecule has 0 aliphatic carbocycles. The van der Waals surface area contributed by atoms with Gasteiger partial charge in [0, 0.05) is 11.1 Å². The van der Waals surface area contributed by atoms with E-state index in [9.17, 15) is 15.3 Å². The summed E-state index contributed by atoms with van der Waals surface area (Å²) in [6, 6.07) is 4.72. The first-order valence-corrected chi connectivity index (χ1v) is 5.48. The minimum Gasteiger partial charge on any atom is -0.507 e. The average molecular weight is 251 g/mol. The van der Waals surface area contributed by atoms with Gasteiger partial charge in [-0.15, -0.1) is 23.2 Å². The van der Waals surface area contributed by atoms with Gasteiger partial charge in [-0.2, -0.15) is 0 Å². The Morgan fingerprint density at radius 1 is 1.00 bits per heavy atom. The Morgan fingerprint density at radius 2 is 1.40 bits per heavy atom. The summed E-state index contributed by atoms with van der Waals surface area (Å²) in [4.78, 5) is 0. The van der Waals surface area contributed by atoms with Crippen LogP contribution in [0, 0.1) is 0 Å². The van der Waals surface area contributed by atoms with E-state index in [1.165, 1.54) is 0 Å². The van der Waals surface area contributed by atoms with Crippen molar-refractivity contribution in [1.29, 1.82) is 0 Å². The Hall–Kier alpha value is -0.480. The van der Waals surface area contributed by atoms with Crippen molar-refractivity contribution in [3.05, 3.63) is 29.3 Å². The van der Waals surface area contributed by atoms with Crippen LogP contribution in [0.5, 0.6) is 5.75 Å². The number of para-hydroxylation sites is 1. The maximum Gasteiger partial charge on any atom is 0.127 e. The topological polar surface area (TPSA) is 60.7 Å². The lowest BCUT2D eigenvalue weighted by Crippen LogP contribution is -2.04. The summed E-state index contributed by atoms with van der Waals surface area (Å²) in [6.07, 6.45) is -1.90. The lowest BCUT2D eigenvalue weighted by atomic mass is 10.0. The van der Waals surface area contributed by atoms with E-state index in [1.54, 1.807) is 18.2 Å². The third kappa shape index (κ3) is 2.75. The number of rotatable bonds is 4. The Balaban J connectivity index is 3.11. The van der Waals surface area contributed by atoms with E-state index in [0.717, 1.165) is 0 Å². The van der Waals surface area contributed by atoms with E-state index in [-0.39, 0.29) is 17.5 Å². The second kappa shape index (κ2) is 5.56. The minimum atomic E-state index is -0.950. The van der Waals surface area contributed by atoms with Crippen LogP contribution in [0.15, 0.2) is 18.2 Å². The summed E-state index contributed by atoms with van der Waals surface area (Å²) in [7, 11) is 0. The molecule has 5 heteroatoms. The van der Waals surface area contributed by atoms with Crippen LogP contribution >= 0.6 is 23.2 Å². The number of aliphatic hydroxyl groups is 2. The molecule has 1 aromatic rings. The zero-order chi connectivity index (χ0) is 11.4. The molecule has 3 nitrogen and oxygen atoms in total. The van der Waals surface area contributed by atoms with Gasteiger partial charge in [0.05, 0.1) is 24.0 Å². The van der Waals surface area contributed by atoms with Gasteiger partial charge < -0.3 is 15.3 Å². The van der Waals surface area contributed by atoms with Crippen LogP contribution < -0.4 is 0 Å². The molecule has 0 saturated heterocycles. The number of aliphatic hydroxyl groups excluding tert-OH is 2. The van der Waals surface area contributed by atoms with Gasteiger partial charge in [0.1, 0.15) is 5.75 Å². The van der Waals surface area contributed by atoms with Crippen LogP contribution in [-0.4, -0.2) is 27.1 Å². The fraction of sp³-hybridized carbons (Fsp3) is 0.400. The largest absolute Gasteiger partial charge is 0.507 e. The molecule has 84 valence electrons. The number of aromatic hydroxyl groups is 1. The summed E-state index contributed by atoms with van der Waals surface area (Å²) in [5.74, 6) is -0.194. The summed E-state index contributed by atoms with van der Waals surface area (Å²) < 4.78 is 0. The molecule has 0 spiro atoms. The lowest BCUT2D eigenvalue weighted by molar-refractivity contribution is 0.187. The molecule has 0 saturated carbocycles. The molecule has 1 aromatic carbocycles. The fourth-order valence-electron chi connectivity index (χ4n) is 1.28. The van der Waals surface area contributed by atoms with Crippen molar-refractivity contribution in [3.8, 4) is 5.75 Å². The predicted octanol–water partition coefficient (Wildman–Crippen LogP) is 1.94. The van der Waals surface area contributed by atoms with Crippen molar-refractivity contribution in [2.75, 3.05) is 11.8 Å². The molecular weight excluding hydrogens is 239 g/mol. The van der Waals surface area contributed by atoms with E-state index in [4.69, 9.17) is 23.2 Å². The van der Waals surface area contributed by atoms with Gasteiger partial charge >= 0.3 is 0 Å². The van der Waals surface area contributed by atoms with Gasteiger partial charge in [-0.25, -0.2) is 0 Å². The zero-order valence-electron chi connectivity index (χ0n) is 7.90. The van der Waals surface area contributed by atoms with Crippen LogP contribution in [0.2, 0.25) is 0 Å². The van der Waals surface area contributed by atoms with Crippen LogP contribution in [0.25, 0.3) is 0 Å². The minimum absolute atomic E-state index is 0.0199. The van der Waals surface area contributed by atoms with Crippen LogP contribution in [0.3, 0.4) is 0 Å². The number of phenols is 1. The van der Waals surface area contributed by atoms with Crippen molar-refractivity contribution < 1.29 is 15.3 Å². The van der Waals surface area contributed by atoms with Gasteiger partial charge in [-0.1, -0.05) is 18.2 Å². The molecular formula is C10H12Cl2O3. The highest BCUT2D eigenvalue weighted by Crippen LogP contribution is 2.32. The second-order valence-electron chi connectivity index (χ2n) is 3.13. The average Bonchev–Trinajstić information content (AvgIpc) is 2.27. The maximum absolute atomic E-state index is 9.75. The monoisotopic (exact) mass is 250 g/mol. The lowest BCUT2D eigenvalue weighted by Gasteiger charge is -2.15. The van der Waals surface area contributed by atoms with E-state index in [1.807, 2.05) is 0 Å². The van der Waals surface area contributed by atoms with E-state index >= 15 is 0 Å². The maximum atomic E-state index is 9.75. The molecule has 0 aliphatic heterocycles. The fourth-order valence-corrected chi connectivity index (χ4v) is 1.62. The second-order valence-corrected chi connectivity index (χ2v) is 3.74. The smallest absolute Gasteiger partial charge is 0.127 e. The first-order chi connectivity index (χ1) is 7.11. The molecule has 0 radical (unpaired) electrons.